The quantitative estimate of drug-likeness (QED) is 0.177. The monoisotopic (exact) mass is 804 g/mol. The van der Waals surface area contributed by atoms with Crippen LogP contribution in [0.15, 0.2) is 203 Å². The first-order valence-electron chi connectivity index (χ1n) is 21.2. The molecule has 6 heteroatoms. The van der Waals surface area contributed by atoms with Gasteiger partial charge in [-0.2, -0.15) is 0 Å². The second kappa shape index (κ2) is 12.9. The van der Waals surface area contributed by atoms with Crippen LogP contribution in [0.3, 0.4) is 0 Å². The number of rotatable bonds is 4. The molecule has 0 aliphatic rings. The van der Waals surface area contributed by atoms with Gasteiger partial charge in [0.15, 0.2) is 17.5 Å². The molecule has 0 atom stereocenters. The molecule has 0 bridgehead atoms. The van der Waals surface area contributed by atoms with E-state index in [4.69, 9.17) is 23.8 Å². The maximum absolute atomic E-state index is 6.83. The Morgan fingerprint density at radius 1 is 0.333 bits per heavy atom. The molecular weight excluding hydrogens is 773 g/mol. The first-order chi connectivity index (χ1) is 31.2. The molecular formula is C57H32N4O2. The summed E-state index contributed by atoms with van der Waals surface area (Å²) in [6, 6.07) is 68.1. The first kappa shape index (κ1) is 34.1. The maximum atomic E-state index is 6.83. The van der Waals surface area contributed by atoms with Crippen molar-refractivity contribution in [2.45, 2.75) is 0 Å². The van der Waals surface area contributed by atoms with Crippen molar-refractivity contribution in [1.29, 1.82) is 0 Å². The predicted octanol–water partition coefficient (Wildman–Crippen LogP) is 15.2. The third-order valence-electron chi connectivity index (χ3n) is 12.8. The summed E-state index contributed by atoms with van der Waals surface area (Å²) in [5, 5.41) is 13.5. The Balaban J connectivity index is 1.10. The molecule has 0 radical (unpaired) electrons. The molecule has 0 saturated carbocycles. The van der Waals surface area contributed by atoms with Gasteiger partial charge in [0, 0.05) is 43.6 Å². The molecule has 14 aromatic rings. The van der Waals surface area contributed by atoms with Gasteiger partial charge in [0.2, 0.25) is 0 Å². The molecule has 0 fully saturated rings. The van der Waals surface area contributed by atoms with Crippen LogP contribution in [-0.4, -0.2) is 19.5 Å². The fourth-order valence-electron chi connectivity index (χ4n) is 9.86. The van der Waals surface area contributed by atoms with Crippen LogP contribution in [0.1, 0.15) is 0 Å². The number of nitrogens with zero attached hydrogens (tertiary/aromatic N) is 4. The fraction of sp³-hybridized carbons (Fsp3) is 0. The van der Waals surface area contributed by atoms with E-state index >= 15 is 0 Å². The van der Waals surface area contributed by atoms with Crippen molar-refractivity contribution in [3.63, 3.8) is 0 Å². The average molecular weight is 805 g/mol. The van der Waals surface area contributed by atoms with Gasteiger partial charge in [-0.05, 0) is 86.9 Å². The lowest BCUT2D eigenvalue weighted by atomic mass is 10.0. The number of para-hydroxylation sites is 3. The summed E-state index contributed by atoms with van der Waals surface area (Å²) in [5.74, 6) is 1.56. The molecule has 14 rings (SSSR count). The van der Waals surface area contributed by atoms with E-state index in [2.05, 4.69) is 156 Å². The second-order valence-corrected chi connectivity index (χ2v) is 16.3. The van der Waals surface area contributed by atoms with Crippen molar-refractivity contribution < 1.29 is 8.83 Å². The molecule has 63 heavy (non-hydrogen) atoms. The highest BCUT2D eigenvalue weighted by molar-refractivity contribution is 6.23. The minimum Gasteiger partial charge on any atom is -0.455 e. The summed E-state index contributed by atoms with van der Waals surface area (Å²) < 4.78 is 15.8. The lowest BCUT2D eigenvalue weighted by molar-refractivity contribution is 0.669. The topological polar surface area (TPSA) is 69.9 Å². The van der Waals surface area contributed by atoms with Gasteiger partial charge in [-0.15, -0.1) is 0 Å². The van der Waals surface area contributed by atoms with E-state index in [9.17, 15) is 0 Å². The van der Waals surface area contributed by atoms with E-state index in [-0.39, 0.29) is 0 Å². The Morgan fingerprint density at radius 3 is 1.68 bits per heavy atom. The fourth-order valence-corrected chi connectivity index (χ4v) is 9.86. The Kier molecular flexibility index (Phi) is 7.02. The molecule has 0 N–H and O–H groups in total. The molecule has 0 spiro atoms. The Labute approximate surface area is 358 Å². The van der Waals surface area contributed by atoms with Crippen molar-refractivity contribution in [3.8, 4) is 39.9 Å². The van der Waals surface area contributed by atoms with E-state index in [0.29, 0.717) is 23.1 Å². The Bertz CT molecular complexity index is 4230. The zero-order chi connectivity index (χ0) is 41.2. The highest BCUT2D eigenvalue weighted by Crippen LogP contribution is 2.43. The van der Waals surface area contributed by atoms with E-state index in [1.807, 2.05) is 42.5 Å². The molecule has 292 valence electrons. The van der Waals surface area contributed by atoms with Gasteiger partial charge in [0.05, 0.1) is 22.2 Å². The van der Waals surface area contributed by atoms with Gasteiger partial charge in [-0.3, -0.25) is 0 Å². The molecule has 0 unspecified atom stereocenters. The largest absolute Gasteiger partial charge is 0.455 e. The van der Waals surface area contributed by atoms with Gasteiger partial charge in [-0.25, -0.2) is 15.0 Å². The zero-order valence-corrected chi connectivity index (χ0v) is 33.6. The van der Waals surface area contributed by atoms with E-state index in [0.717, 1.165) is 82.5 Å². The van der Waals surface area contributed by atoms with E-state index < -0.39 is 0 Å². The SMILES string of the molecule is c1ccc2cc(-c3nc(-c4cccc5c4oc4ccccc45)nc(-c4cc(-n5c6cc7ccccc7cc6c6c7ccccc7ccc65)cc5c4oc4ccccc45)n3)ccc2c1. The minimum absolute atomic E-state index is 0.499. The van der Waals surface area contributed by atoms with Crippen LogP contribution in [0.4, 0.5) is 0 Å². The predicted molar refractivity (Wildman–Crippen MR) is 258 cm³/mol. The van der Waals surface area contributed by atoms with Gasteiger partial charge in [0.1, 0.15) is 22.3 Å². The summed E-state index contributed by atoms with van der Waals surface area (Å²) >= 11 is 0. The van der Waals surface area contributed by atoms with Crippen LogP contribution in [0.25, 0.3) is 138 Å². The number of fused-ring (bicyclic) bond motifs is 13. The smallest absolute Gasteiger partial charge is 0.167 e. The Morgan fingerprint density at radius 2 is 0.905 bits per heavy atom. The average Bonchev–Trinajstić information content (AvgIpc) is 4.02. The van der Waals surface area contributed by atoms with Gasteiger partial charge >= 0.3 is 0 Å². The lowest BCUT2D eigenvalue weighted by Crippen LogP contribution is -2.02. The second-order valence-electron chi connectivity index (χ2n) is 16.3. The van der Waals surface area contributed by atoms with Crippen LogP contribution in [0.5, 0.6) is 0 Å². The van der Waals surface area contributed by atoms with Crippen LogP contribution in [0.2, 0.25) is 0 Å². The Hall–Kier alpha value is -8.61. The molecule has 4 heterocycles. The van der Waals surface area contributed by atoms with E-state index in [1.54, 1.807) is 0 Å². The summed E-state index contributed by atoms with van der Waals surface area (Å²) in [5.41, 5.74) is 8.67. The van der Waals surface area contributed by atoms with E-state index in [1.165, 1.54) is 32.3 Å². The molecule has 0 saturated heterocycles. The maximum Gasteiger partial charge on any atom is 0.167 e. The summed E-state index contributed by atoms with van der Waals surface area (Å²) in [6.45, 7) is 0. The van der Waals surface area contributed by atoms with Gasteiger partial charge < -0.3 is 13.4 Å². The van der Waals surface area contributed by atoms with Crippen LogP contribution in [0, 0.1) is 0 Å². The molecule has 0 amide bonds. The number of furan rings is 2. The van der Waals surface area contributed by atoms with Crippen LogP contribution in [-0.2, 0) is 0 Å². The number of aromatic nitrogens is 4. The van der Waals surface area contributed by atoms with Crippen molar-refractivity contribution in [2.24, 2.45) is 0 Å². The molecule has 4 aromatic heterocycles. The minimum atomic E-state index is 0.499. The third kappa shape index (κ3) is 5.09. The number of hydrogen-bond donors (Lipinski definition) is 0. The molecule has 6 nitrogen and oxygen atoms in total. The van der Waals surface area contributed by atoms with Crippen LogP contribution >= 0.6 is 0 Å². The summed E-state index contributed by atoms with van der Waals surface area (Å²) in [7, 11) is 0. The number of benzene rings is 10. The summed E-state index contributed by atoms with van der Waals surface area (Å²) in [6.07, 6.45) is 0. The zero-order valence-electron chi connectivity index (χ0n) is 33.6. The highest BCUT2D eigenvalue weighted by atomic mass is 16.3. The molecule has 0 aliphatic carbocycles. The van der Waals surface area contributed by atoms with Crippen molar-refractivity contribution in [1.82, 2.24) is 19.5 Å². The first-order valence-corrected chi connectivity index (χ1v) is 21.2. The van der Waals surface area contributed by atoms with Crippen molar-refractivity contribution in [3.05, 3.63) is 194 Å². The highest BCUT2D eigenvalue weighted by Gasteiger charge is 2.24. The number of hydrogen-bond acceptors (Lipinski definition) is 5. The molecule has 10 aromatic carbocycles. The van der Waals surface area contributed by atoms with Crippen molar-refractivity contribution >= 4 is 98.0 Å². The van der Waals surface area contributed by atoms with Crippen molar-refractivity contribution in [2.75, 3.05) is 0 Å². The lowest BCUT2D eigenvalue weighted by Gasteiger charge is -2.13. The van der Waals surface area contributed by atoms with Crippen LogP contribution < -0.4 is 0 Å². The summed E-state index contributed by atoms with van der Waals surface area (Å²) in [4.78, 5) is 16.0. The normalized spacial score (nSPS) is 12.1. The molecule has 0 aliphatic heterocycles. The standard InChI is InChI=1S/C57H32N4O2/c1-2-14-35-28-38(25-24-33(35)12-1)55-58-56(44-21-11-20-43-41-18-7-9-22-50(41)62-53(43)44)60-57(59-55)47-32-39(31-45-42-19-8-10-23-51(42)63-54(45)47)61-48-27-26-34-13-5-6-17-40(34)52(48)46-29-36-15-3-4-16-37(36)30-49(46)61/h1-32H. The third-order valence-corrected chi connectivity index (χ3v) is 12.8. The van der Waals surface area contributed by atoms with Gasteiger partial charge in [-0.1, -0.05) is 140 Å². The van der Waals surface area contributed by atoms with Gasteiger partial charge in [0.25, 0.3) is 0 Å².